The highest BCUT2D eigenvalue weighted by Crippen LogP contribution is 2.31. The number of thioether (sulfide) groups is 1. The van der Waals surface area contributed by atoms with Crippen LogP contribution in [0.2, 0.25) is 0 Å². The van der Waals surface area contributed by atoms with E-state index in [1.807, 2.05) is 0 Å². The van der Waals surface area contributed by atoms with Crippen LogP contribution in [0.1, 0.15) is 19.8 Å². The summed E-state index contributed by atoms with van der Waals surface area (Å²) in [5.41, 5.74) is 0. The molecule has 108 valence electrons. The first-order valence-electron chi connectivity index (χ1n) is 5.34. The van der Waals surface area contributed by atoms with Crippen LogP contribution < -0.4 is 0 Å². The fourth-order valence-electron chi connectivity index (χ4n) is 1.09. The van der Waals surface area contributed by atoms with Crippen molar-refractivity contribution in [3.63, 3.8) is 0 Å². The predicted molar refractivity (Wildman–Crippen MR) is 59.0 cm³/mol. The third kappa shape index (κ3) is 7.03. The maximum atomic E-state index is 12.8. The maximum Gasteiger partial charge on any atom is 0.315 e. The average molecular weight is 294 g/mol. The Kier molecular flexibility index (Phi) is 8.30. The Morgan fingerprint density at radius 2 is 1.94 bits per heavy atom. The Balaban J connectivity index is 3.74. The van der Waals surface area contributed by atoms with E-state index in [2.05, 4.69) is 4.74 Å². The van der Waals surface area contributed by atoms with Crippen LogP contribution in [-0.4, -0.2) is 42.6 Å². The molecule has 1 atom stereocenters. The third-order valence-corrected chi connectivity index (χ3v) is 2.97. The minimum Gasteiger partial charge on any atom is -0.465 e. The van der Waals surface area contributed by atoms with Gasteiger partial charge in [0.25, 0.3) is 12.3 Å². The lowest BCUT2D eigenvalue weighted by molar-refractivity contribution is -0.139. The summed E-state index contributed by atoms with van der Waals surface area (Å²) in [6.07, 6.45) is -8.24. The molecule has 0 N–H and O–H groups in total. The maximum absolute atomic E-state index is 12.8. The van der Waals surface area contributed by atoms with Gasteiger partial charge in [0.2, 0.25) is 6.17 Å². The van der Waals surface area contributed by atoms with Crippen LogP contribution in [0.3, 0.4) is 0 Å². The van der Waals surface area contributed by atoms with Crippen molar-refractivity contribution in [3.05, 3.63) is 0 Å². The molecule has 0 aromatic heterocycles. The molecule has 0 rings (SSSR count). The summed E-state index contributed by atoms with van der Waals surface area (Å²) >= 11 is 1.04. The summed E-state index contributed by atoms with van der Waals surface area (Å²) < 4.78 is 66.2. The number of hydrogen-bond acceptors (Lipinski definition) is 3. The van der Waals surface area contributed by atoms with E-state index in [-0.39, 0.29) is 24.5 Å². The molecule has 0 saturated heterocycles. The van der Waals surface area contributed by atoms with Crippen molar-refractivity contribution in [3.8, 4) is 0 Å². The summed E-state index contributed by atoms with van der Waals surface area (Å²) in [6.45, 7) is 1.87. The smallest absolute Gasteiger partial charge is 0.315 e. The Morgan fingerprint density at radius 3 is 2.44 bits per heavy atom. The van der Waals surface area contributed by atoms with Crippen LogP contribution in [0.4, 0.5) is 22.0 Å². The van der Waals surface area contributed by atoms with Crippen LogP contribution >= 0.6 is 11.8 Å². The van der Waals surface area contributed by atoms with Crippen molar-refractivity contribution in [2.75, 3.05) is 18.1 Å². The van der Waals surface area contributed by atoms with Gasteiger partial charge in [-0.25, -0.2) is 22.0 Å². The molecule has 1 unspecified atom stereocenters. The lowest BCUT2D eigenvalue weighted by atomic mass is 10.1. The van der Waals surface area contributed by atoms with Gasteiger partial charge in [-0.2, -0.15) is 11.8 Å². The molecule has 0 spiro atoms. The van der Waals surface area contributed by atoms with E-state index in [1.54, 1.807) is 6.92 Å². The highest BCUT2D eigenvalue weighted by molar-refractivity contribution is 7.99. The summed E-state index contributed by atoms with van der Waals surface area (Å²) in [7, 11) is 0. The number of ether oxygens (including phenoxy) is 1. The molecule has 0 fully saturated rings. The zero-order valence-corrected chi connectivity index (χ0v) is 10.6. The molecule has 0 aromatic carbocycles. The van der Waals surface area contributed by atoms with Gasteiger partial charge in [-0.1, -0.05) is 0 Å². The number of rotatable bonds is 9. The first-order chi connectivity index (χ1) is 8.31. The number of hydrogen-bond donors (Lipinski definition) is 0. The zero-order valence-electron chi connectivity index (χ0n) is 9.80. The van der Waals surface area contributed by atoms with Crippen molar-refractivity contribution in [2.45, 2.75) is 38.3 Å². The van der Waals surface area contributed by atoms with E-state index in [4.69, 9.17) is 0 Å². The van der Waals surface area contributed by atoms with Crippen molar-refractivity contribution < 1.29 is 31.5 Å². The second kappa shape index (κ2) is 8.55. The molecular formula is C10H15F5O2S. The summed E-state index contributed by atoms with van der Waals surface area (Å²) in [6, 6.07) is 0. The Hall–Kier alpha value is -0.530. The molecule has 0 aliphatic rings. The molecule has 0 radical (unpaired) electrons. The molecule has 0 bridgehead atoms. The Bertz CT molecular complexity index is 250. The Labute approximate surface area is 106 Å². The van der Waals surface area contributed by atoms with Gasteiger partial charge in [0.05, 0.1) is 12.4 Å². The molecule has 0 aromatic rings. The second-order valence-electron chi connectivity index (χ2n) is 3.46. The number of carbonyl (C=O) groups excluding carboxylic acids is 1. The minimum atomic E-state index is -4.03. The highest BCUT2D eigenvalue weighted by atomic mass is 32.2. The van der Waals surface area contributed by atoms with Gasteiger partial charge in [0.15, 0.2) is 0 Å². The monoisotopic (exact) mass is 294 g/mol. The number of carbonyl (C=O) groups is 1. The highest BCUT2D eigenvalue weighted by Gasteiger charge is 2.45. The predicted octanol–water partition coefficient (Wildman–Crippen LogP) is 3.30. The first kappa shape index (κ1) is 17.5. The molecule has 0 saturated carbocycles. The quantitative estimate of drug-likeness (QED) is 0.371. The van der Waals surface area contributed by atoms with Gasteiger partial charge in [-0.15, -0.1) is 0 Å². The molecule has 0 amide bonds. The summed E-state index contributed by atoms with van der Waals surface area (Å²) in [4.78, 5) is 10.9. The van der Waals surface area contributed by atoms with Crippen LogP contribution in [-0.2, 0) is 9.53 Å². The minimum absolute atomic E-state index is 0.00725. The Morgan fingerprint density at radius 1 is 1.33 bits per heavy atom. The van der Waals surface area contributed by atoms with Gasteiger partial charge in [-0.3, -0.25) is 4.79 Å². The normalized spacial score (nSPS) is 13.7. The van der Waals surface area contributed by atoms with Gasteiger partial charge in [-0.05, 0) is 19.1 Å². The summed E-state index contributed by atoms with van der Waals surface area (Å²) in [5, 5.41) is 0. The number of esters is 1. The largest absolute Gasteiger partial charge is 0.465 e. The van der Waals surface area contributed by atoms with Gasteiger partial charge in [0.1, 0.15) is 0 Å². The second-order valence-corrected chi connectivity index (χ2v) is 4.56. The van der Waals surface area contributed by atoms with Gasteiger partial charge < -0.3 is 4.74 Å². The van der Waals surface area contributed by atoms with E-state index >= 15 is 0 Å². The van der Waals surface area contributed by atoms with E-state index < -0.39 is 30.9 Å². The van der Waals surface area contributed by atoms with Gasteiger partial charge in [0, 0.05) is 6.42 Å². The van der Waals surface area contributed by atoms with Crippen molar-refractivity contribution >= 4 is 17.7 Å². The molecule has 2 nitrogen and oxygen atoms in total. The van der Waals surface area contributed by atoms with E-state index in [0.717, 1.165) is 11.8 Å². The molecule has 18 heavy (non-hydrogen) atoms. The first-order valence-corrected chi connectivity index (χ1v) is 6.50. The van der Waals surface area contributed by atoms with Crippen LogP contribution in [0.15, 0.2) is 0 Å². The number of alkyl halides is 5. The molecule has 0 aliphatic carbocycles. The third-order valence-electron chi connectivity index (χ3n) is 1.95. The molecule has 0 aliphatic heterocycles. The lowest BCUT2D eigenvalue weighted by Gasteiger charge is -2.19. The molecule has 0 heterocycles. The van der Waals surface area contributed by atoms with E-state index in [0.29, 0.717) is 0 Å². The van der Waals surface area contributed by atoms with Crippen molar-refractivity contribution in [2.24, 2.45) is 0 Å². The fraction of sp³-hybridized carbons (Fsp3) is 0.900. The van der Waals surface area contributed by atoms with Crippen LogP contribution in [0.25, 0.3) is 0 Å². The fourth-order valence-corrected chi connectivity index (χ4v) is 1.83. The molecular weight excluding hydrogens is 279 g/mol. The van der Waals surface area contributed by atoms with Crippen molar-refractivity contribution in [1.82, 2.24) is 0 Å². The zero-order chi connectivity index (χ0) is 14.2. The van der Waals surface area contributed by atoms with E-state index in [9.17, 15) is 26.7 Å². The molecule has 8 heteroatoms. The number of halogens is 5. The SMILES string of the molecule is CCOC(=O)CSCCCC(F)(F)C(F)C(F)F. The van der Waals surface area contributed by atoms with Crippen LogP contribution in [0.5, 0.6) is 0 Å². The van der Waals surface area contributed by atoms with E-state index in [1.165, 1.54) is 0 Å². The summed E-state index contributed by atoms with van der Waals surface area (Å²) in [5.74, 6) is -4.33. The van der Waals surface area contributed by atoms with Gasteiger partial charge >= 0.3 is 5.97 Å². The van der Waals surface area contributed by atoms with Crippen molar-refractivity contribution in [1.29, 1.82) is 0 Å². The standard InChI is InChI=1S/C10H15F5O2S/c1-2-17-7(16)6-18-5-3-4-10(14,15)8(11)9(12)13/h8-9H,2-6H2,1H3. The average Bonchev–Trinajstić information content (AvgIpc) is 2.27. The van der Waals surface area contributed by atoms with Crippen LogP contribution in [0, 0.1) is 0 Å². The lowest BCUT2D eigenvalue weighted by Crippen LogP contribution is -2.35. The topological polar surface area (TPSA) is 26.3 Å².